The molecule has 82 valence electrons. The second kappa shape index (κ2) is 5.09. The minimum Gasteiger partial charge on any atom is -0.457 e. The van der Waals surface area contributed by atoms with Gasteiger partial charge >= 0.3 is 5.97 Å². The number of rotatable bonds is 3. The lowest BCUT2D eigenvalue weighted by Crippen LogP contribution is -2.03. The van der Waals surface area contributed by atoms with Crippen LogP contribution in [-0.2, 0) is 11.3 Å². The molecule has 0 amide bonds. The molecule has 3 nitrogen and oxygen atoms in total. The molecule has 0 aliphatic carbocycles. The third kappa shape index (κ3) is 2.81. The summed E-state index contributed by atoms with van der Waals surface area (Å²) in [4.78, 5) is 16.0. The highest BCUT2D eigenvalue weighted by molar-refractivity contribution is 7.11. The Labute approximate surface area is 102 Å². The maximum Gasteiger partial charge on any atom is 0.348 e. The Morgan fingerprint density at radius 2 is 2.31 bits per heavy atom. The second-order valence-electron chi connectivity index (χ2n) is 3.04. The van der Waals surface area contributed by atoms with E-state index in [9.17, 15) is 4.79 Å². The molecule has 0 radical (unpaired) electrons. The zero-order valence-corrected chi connectivity index (χ0v) is 9.79. The summed E-state index contributed by atoms with van der Waals surface area (Å²) in [5, 5.41) is 2.26. The lowest BCUT2D eigenvalue weighted by Gasteiger charge is -2.02. The fourth-order valence-electron chi connectivity index (χ4n) is 1.11. The summed E-state index contributed by atoms with van der Waals surface area (Å²) >= 11 is 7.00. The molecule has 0 aliphatic heterocycles. The van der Waals surface area contributed by atoms with Crippen LogP contribution in [0.5, 0.6) is 0 Å². The lowest BCUT2D eigenvalue weighted by molar-refractivity contribution is 0.0478. The quantitative estimate of drug-likeness (QED) is 0.623. The van der Waals surface area contributed by atoms with Gasteiger partial charge in [0, 0.05) is 11.8 Å². The Balaban J connectivity index is 1.93. The lowest BCUT2D eigenvalue weighted by atomic mass is 10.3. The number of esters is 1. The predicted molar refractivity (Wildman–Crippen MR) is 62.7 cm³/mol. The molecule has 0 bridgehead atoms. The highest BCUT2D eigenvalue weighted by Crippen LogP contribution is 2.12. The smallest absolute Gasteiger partial charge is 0.348 e. The first-order valence-corrected chi connectivity index (χ1v) is 5.82. The van der Waals surface area contributed by atoms with Crippen LogP contribution in [0.3, 0.4) is 0 Å². The van der Waals surface area contributed by atoms with E-state index in [1.54, 1.807) is 24.4 Å². The van der Waals surface area contributed by atoms with E-state index < -0.39 is 0 Å². The molecule has 0 unspecified atom stereocenters. The number of carbonyl (C=O) groups excluding carboxylic acids is 1. The van der Waals surface area contributed by atoms with Crippen molar-refractivity contribution in [2.75, 3.05) is 0 Å². The van der Waals surface area contributed by atoms with Crippen molar-refractivity contribution in [1.29, 1.82) is 0 Å². The SMILES string of the molecule is O=C(OCc1ccc(Cl)nc1)c1cccs1. The van der Waals surface area contributed by atoms with E-state index in [0.717, 1.165) is 5.56 Å². The molecule has 0 saturated carbocycles. The fraction of sp³-hybridized carbons (Fsp3) is 0.0909. The van der Waals surface area contributed by atoms with E-state index in [0.29, 0.717) is 10.0 Å². The van der Waals surface area contributed by atoms with E-state index in [1.807, 2.05) is 11.4 Å². The molecule has 16 heavy (non-hydrogen) atoms. The molecule has 0 atom stereocenters. The summed E-state index contributed by atoms with van der Waals surface area (Å²) in [6, 6.07) is 6.98. The van der Waals surface area contributed by atoms with Gasteiger partial charge in [0.25, 0.3) is 0 Å². The van der Waals surface area contributed by atoms with Crippen LogP contribution >= 0.6 is 22.9 Å². The van der Waals surface area contributed by atoms with Gasteiger partial charge in [-0.2, -0.15) is 0 Å². The molecule has 0 fully saturated rings. The van der Waals surface area contributed by atoms with Crippen LogP contribution in [0.1, 0.15) is 15.2 Å². The van der Waals surface area contributed by atoms with Gasteiger partial charge in [0.1, 0.15) is 16.6 Å². The first kappa shape index (κ1) is 11.1. The van der Waals surface area contributed by atoms with Crippen molar-refractivity contribution < 1.29 is 9.53 Å². The average Bonchev–Trinajstić information content (AvgIpc) is 2.81. The number of pyridine rings is 1. The van der Waals surface area contributed by atoms with Gasteiger partial charge in [-0.1, -0.05) is 23.7 Å². The largest absolute Gasteiger partial charge is 0.457 e. The maximum absolute atomic E-state index is 11.5. The number of halogens is 1. The molecule has 2 aromatic rings. The number of hydrogen-bond donors (Lipinski definition) is 0. The first-order valence-electron chi connectivity index (χ1n) is 4.57. The zero-order valence-electron chi connectivity index (χ0n) is 8.22. The molecule has 2 heterocycles. The topological polar surface area (TPSA) is 39.2 Å². The highest BCUT2D eigenvalue weighted by Gasteiger charge is 2.07. The summed E-state index contributed by atoms with van der Waals surface area (Å²) < 4.78 is 5.10. The van der Waals surface area contributed by atoms with Crippen molar-refractivity contribution in [1.82, 2.24) is 4.98 Å². The third-order valence-corrected chi connectivity index (χ3v) is 2.95. The van der Waals surface area contributed by atoms with Crippen molar-refractivity contribution in [3.05, 3.63) is 51.4 Å². The van der Waals surface area contributed by atoms with Gasteiger partial charge in [-0.15, -0.1) is 11.3 Å². The average molecular weight is 254 g/mol. The minimum atomic E-state index is -0.315. The van der Waals surface area contributed by atoms with Gasteiger partial charge in [0.2, 0.25) is 0 Å². The van der Waals surface area contributed by atoms with Crippen molar-refractivity contribution in [3.8, 4) is 0 Å². The normalized spacial score (nSPS) is 10.1. The molecule has 0 aliphatic rings. The van der Waals surface area contributed by atoms with Gasteiger partial charge in [0.15, 0.2) is 0 Å². The predicted octanol–water partition coefficient (Wildman–Crippen LogP) is 3.15. The van der Waals surface area contributed by atoms with Crippen LogP contribution in [0.15, 0.2) is 35.8 Å². The molecule has 0 saturated heterocycles. The van der Waals surface area contributed by atoms with E-state index in [4.69, 9.17) is 16.3 Å². The van der Waals surface area contributed by atoms with E-state index >= 15 is 0 Å². The van der Waals surface area contributed by atoms with Crippen LogP contribution in [0.25, 0.3) is 0 Å². The molecule has 0 aromatic carbocycles. The summed E-state index contributed by atoms with van der Waals surface area (Å²) in [5.41, 5.74) is 0.814. The number of aromatic nitrogens is 1. The van der Waals surface area contributed by atoms with Crippen molar-refractivity contribution in [2.45, 2.75) is 6.61 Å². The zero-order chi connectivity index (χ0) is 11.4. The Hall–Kier alpha value is -1.39. The van der Waals surface area contributed by atoms with Crippen LogP contribution in [0.2, 0.25) is 5.15 Å². The summed E-state index contributed by atoms with van der Waals surface area (Å²) in [5.74, 6) is -0.315. The summed E-state index contributed by atoms with van der Waals surface area (Å²) in [6.07, 6.45) is 1.59. The number of hydrogen-bond acceptors (Lipinski definition) is 4. The van der Waals surface area contributed by atoms with Crippen LogP contribution in [0.4, 0.5) is 0 Å². The third-order valence-electron chi connectivity index (χ3n) is 1.88. The molecule has 5 heteroatoms. The Kier molecular flexibility index (Phi) is 3.54. The highest BCUT2D eigenvalue weighted by atomic mass is 35.5. The van der Waals surface area contributed by atoms with Gasteiger partial charge < -0.3 is 4.74 Å². The molecular formula is C11H8ClNO2S. The van der Waals surface area contributed by atoms with E-state index in [-0.39, 0.29) is 12.6 Å². The van der Waals surface area contributed by atoms with Crippen LogP contribution in [0, 0.1) is 0 Å². The summed E-state index contributed by atoms with van der Waals surface area (Å²) in [7, 11) is 0. The summed E-state index contributed by atoms with van der Waals surface area (Å²) in [6.45, 7) is 0.209. The first-order chi connectivity index (χ1) is 7.75. The van der Waals surface area contributed by atoms with Crippen LogP contribution in [-0.4, -0.2) is 11.0 Å². The molecule has 0 spiro atoms. The second-order valence-corrected chi connectivity index (χ2v) is 4.38. The number of nitrogens with zero attached hydrogens (tertiary/aromatic N) is 1. The van der Waals surface area contributed by atoms with E-state index in [2.05, 4.69) is 4.98 Å². The molecule has 2 aromatic heterocycles. The Morgan fingerprint density at radius 1 is 1.44 bits per heavy atom. The van der Waals surface area contributed by atoms with Gasteiger partial charge in [-0.3, -0.25) is 0 Å². The maximum atomic E-state index is 11.5. The number of carbonyl (C=O) groups is 1. The van der Waals surface area contributed by atoms with Crippen molar-refractivity contribution in [2.24, 2.45) is 0 Å². The fourth-order valence-corrected chi connectivity index (χ4v) is 1.83. The van der Waals surface area contributed by atoms with Gasteiger partial charge in [-0.25, -0.2) is 9.78 Å². The number of ether oxygens (including phenoxy) is 1. The van der Waals surface area contributed by atoms with Gasteiger partial charge in [-0.05, 0) is 17.5 Å². The molecular weight excluding hydrogens is 246 g/mol. The van der Waals surface area contributed by atoms with Crippen molar-refractivity contribution >= 4 is 28.9 Å². The van der Waals surface area contributed by atoms with Gasteiger partial charge in [0.05, 0.1) is 0 Å². The standard InChI is InChI=1S/C11H8ClNO2S/c12-10-4-3-8(6-13-10)7-15-11(14)9-2-1-5-16-9/h1-6H,7H2. The number of thiophene rings is 1. The van der Waals surface area contributed by atoms with E-state index in [1.165, 1.54) is 11.3 Å². The van der Waals surface area contributed by atoms with Crippen LogP contribution < -0.4 is 0 Å². The molecule has 2 rings (SSSR count). The monoisotopic (exact) mass is 253 g/mol. The minimum absolute atomic E-state index is 0.209. The van der Waals surface area contributed by atoms with Crippen molar-refractivity contribution in [3.63, 3.8) is 0 Å². The Morgan fingerprint density at radius 3 is 2.94 bits per heavy atom. The molecule has 0 N–H and O–H groups in total. The Bertz CT molecular complexity index is 467.